The first-order valence-corrected chi connectivity index (χ1v) is 7.95. The molecule has 1 unspecified atom stereocenters. The highest BCUT2D eigenvalue weighted by molar-refractivity contribution is 7.17. The monoisotopic (exact) mass is 323 g/mol. The summed E-state index contributed by atoms with van der Waals surface area (Å²) in [6.07, 6.45) is 3.75. The highest BCUT2D eigenvalue weighted by atomic mass is 32.1. The zero-order chi connectivity index (χ0) is 16.6. The lowest BCUT2D eigenvalue weighted by Gasteiger charge is -2.10. The lowest BCUT2D eigenvalue weighted by atomic mass is 10.0. The van der Waals surface area contributed by atoms with Gasteiger partial charge in [0.05, 0.1) is 22.2 Å². The van der Waals surface area contributed by atoms with E-state index in [-0.39, 0.29) is 6.04 Å². The van der Waals surface area contributed by atoms with Gasteiger partial charge in [-0.3, -0.25) is 0 Å². The zero-order valence-corrected chi connectivity index (χ0v) is 13.6. The molecule has 1 aliphatic heterocycles. The third kappa shape index (κ3) is 2.79. The van der Waals surface area contributed by atoms with Crippen LogP contribution >= 0.6 is 11.3 Å². The van der Waals surface area contributed by atoms with Crippen molar-refractivity contribution in [2.45, 2.75) is 19.9 Å². The zero-order valence-electron chi connectivity index (χ0n) is 12.8. The Kier molecular flexibility index (Phi) is 3.80. The van der Waals surface area contributed by atoms with Gasteiger partial charge < -0.3 is 5.73 Å². The summed E-state index contributed by atoms with van der Waals surface area (Å²) < 4.78 is 0.976. The molecule has 23 heavy (non-hydrogen) atoms. The standard InChI is InChI=1S/C17H15N4OS/c1-10-6-14(7-11(2)21(10)22)16-15(20-17(19)23-16)13-5-3-4-12(8-13)9-18/h3-8,10H,1-2H3,(H2,19,20)/q+1. The van der Waals surface area contributed by atoms with Crippen LogP contribution in [0.4, 0.5) is 5.13 Å². The van der Waals surface area contributed by atoms with Crippen LogP contribution < -0.4 is 5.73 Å². The predicted octanol–water partition coefficient (Wildman–Crippen LogP) is 3.73. The second-order valence-corrected chi connectivity index (χ2v) is 6.43. The summed E-state index contributed by atoms with van der Waals surface area (Å²) in [6.45, 7) is 3.64. The highest BCUT2D eigenvalue weighted by Gasteiger charge is 2.28. The van der Waals surface area contributed by atoms with Crippen LogP contribution in [0.25, 0.3) is 16.8 Å². The molecule has 0 bridgehead atoms. The van der Waals surface area contributed by atoms with Gasteiger partial charge in [0, 0.05) is 40.7 Å². The fourth-order valence-electron chi connectivity index (χ4n) is 2.59. The van der Waals surface area contributed by atoms with Crippen molar-refractivity contribution in [3.8, 4) is 17.3 Å². The van der Waals surface area contributed by atoms with Gasteiger partial charge in [-0.15, -0.1) is 0 Å². The van der Waals surface area contributed by atoms with Gasteiger partial charge in [0.1, 0.15) is 0 Å². The van der Waals surface area contributed by atoms with Crippen molar-refractivity contribution < 1.29 is 4.76 Å². The van der Waals surface area contributed by atoms with E-state index in [1.165, 1.54) is 11.3 Å². The number of allylic oxidation sites excluding steroid dienone is 3. The van der Waals surface area contributed by atoms with Gasteiger partial charge in [-0.2, -0.15) is 5.26 Å². The maximum atomic E-state index is 11.9. The molecule has 1 aromatic carbocycles. The minimum absolute atomic E-state index is 0.239. The van der Waals surface area contributed by atoms with Crippen molar-refractivity contribution in [3.63, 3.8) is 0 Å². The van der Waals surface area contributed by atoms with E-state index in [9.17, 15) is 4.91 Å². The Morgan fingerprint density at radius 3 is 2.91 bits per heavy atom. The highest BCUT2D eigenvalue weighted by Crippen LogP contribution is 2.37. The van der Waals surface area contributed by atoms with Crippen LogP contribution in [-0.4, -0.2) is 15.8 Å². The molecule has 0 radical (unpaired) electrons. The van der Waals surface area contributed by atoms with Gasteiger partial charge in [0.25, 0.3) is 0 Å². The van der Waals surface area contributed by atoms with Crippen LogP contribution in [0.3, 0.4) is 0 Å². The van der Waals surface area contributed by atoms with Crippen LogP contribution in [0.5, 0.6) is 0 Å². The second-order valence-electron chi connectivity index (χ2n) is 5.40. The number of nitroso groups, excluding NO2 is 1. The van der Waals surface area contributed by atoms with Crippen molar-refractivity contribution in [1.29, 1.82) is 5.26 Å². The second kappa shape index (κ2) is 5.78. The molecule has 0 spiro atoms. The number of nitrogens with two attached hydrogens (primary N) is 1. The van der Waals surface area contributed by atoms with Gasteiger partial charge in [0.15, 0.2) is 5.13 Å². The number of anilines is 1. The smallest absolute Gasteiger partial charge is 0.231 e. The molecule has 114 valence electrons. The third-order valence-electron chi connectivity index (χ3n) is 3.67. The van der Waals surface area contributed by atoms with Gasteiger partial charge in [0.2, 0.25) is 11.7 Å². The molecule has 2 N–H and O–H groups in total. The minimum Gasteiger partial charge on any atom is -0.375 e. The van der Waals surface area contributed by atoms with Crippen molar-refractivity contribution in [2.75, 3.05) is 5.73 Å². The number of hydrogen-bond donors (Lipinski definition) is 1. The summed E-state index contributed by atoms with van der Waals surface area (Å²) in [6, 6.07) is 9.17. The summed E-state index contributed by atoms with van der Waals surface area (Å²) in [5.74, 6) is 0. The van der Waals surface area contributed by atoms with Gasteiger partial charge in [-0.05, 0) is 18.2 Å². The number of benzene rings is 1. The van der Waals surface area contributed by atoms with Crippen molar-refractivity contribution in [1.82, 2.24) is 4.98 Å². The van der Waals surface area contributed by atoms with E-state index in [2.05, 4.69) is 11.1 Å². The SMILES string of the molecule is CC1=CC(c2sc(N)nc2-c2cccc(C#N)c2)=CC(C)[N+]1=O. The summed E-state index contributed by atoms with van der Waals surface area (Å²) in [5, 5.41) is 9.54. The molecule has 0 fully saturated rings. The number of nitriles is 1. The predicted molar refractivity (Wildman–Crippen MR) is 91.5 cm³/mol. The van der Waals surface area contributed by atoms with E-state index >= 15 is 0 Å². The van der Waals surface area contributed by atoms with E-state index < -0.39 is 0 Å². The molecule has 1 aliphatic rings. The van der Waals surface area contributed by atoms with Crippen molar-refractivity contribution >= 4 is 22.0 Å². The largest absolute Gasteiger partial charge is 0.375 e. The summed E-state index contributed by atoms with van der Waals surface area (Å²) in [5.41, 5.74) is 9.66. The maximum Gasteiger partial charge on any atom is 0.231 e. The molecule has 5 nitrogen and oxygen atoms in total. The lowest BCUT2D eigenvalue weighted by Crippen LogP contribution is -2.20. The number of thiazole rings is 1. The normalized spacial score (nSPS) is 17.4. The average molecular weight is 323 g/mol. The number of aromatic nitrogens is 1. The van der Waals surface area contributed by atoms with Crippen LogP contribution in [-0.2, 0) is 0 Å². The first-order chi connectivity index (χ1) is 11.0. The molecule has 2 heterocycles. The van der Waals surface area contributed by atoms with Crippen LogP contribution in [0.2, 0.25) is 0 Å². The number of hydrogen-bond acceptors (Lipinski definition) is 5. The van der Waals surface area contributed by atoms with Crippen LogP contribution in [0.1, 0.15) is 24.3 Å². The Balaban J connectivity index is 2.14. The Labute approximate surface area is 138 Å². The molecule has 3 rings (SSSR count). The van der Waals surface area contributed by atoms with Gasteiger partial charge in [-0.1, -0.05) is 23.5 Å². The molecule has 6 heteroatoms. The van der Waals surface area contributed by atoms with E-state index in [4.69, 9.17) is 11.0 Å². The van der Waals surface area contributed by atoms with Gasteiger partial charge >= 0.3 is 0 Å². The van der Waals surface area contributed by atoms with E-state index in [0.29, 0.717) is 16.4 Å². The van der Waals surface area contributed by atoms with E-state index in [0.717, 1.165) is 26.5 Å². The molecule has 0 amide bonds. The third-order valence-corrected chi connectivity index (χ3v) is 4.61. The minimum atomic E-state index is -0.239. The Bertz CT molecular complexity index is 902. The first-order valence-electron chi connectivity index (χ1n) is 7.13. The molecule has 0 aliphatic carbocycles. The van der Waals surface area contributed by atoms with E-state index in [1.54, 1.807) is 19.1 Å². The Morgan fingerprint density at radius 2 is 2.22 bits per heavy atom. The van der Waals surface area contributed by atoms with Crippen LogP contribution in [0, 0.1) is 16.2 Å². The fourth-order valence-corrected chi connectivity index (χ4v) is 3.44. The van der Waals surface area contributed by atoms with Crippen molar-refractivity contribution in [2.24, 2.45) is 0 Å². The first kappa shape index (κ1) is 15.1. The molecule has 1 atom stereocenters. The van der Waals surface area contributed by atoms with Crippen molar-refractivity contribution in [3.05, 3.63) is 57.5 Å². The molecule has 2 aromatic rings. The van der Waals surface area contributed by atoms with Crippen LogP contribution in [0.15, 0.2) is 42.1 Å². The topological polar surface area (TPSA) is 82.8 Å². The quantitative estimate of drug-likeness (QED) is 0.854. The molecule has 1 aromatic heterocycles. The molecule has 0 saturated heterocycles. The van der Waals surface area contributed by atoms with E-state index in [1.807, 2.05) is 31.2 Å². The summed E-state index contributed by atoms with van der Waals surface area (Å²) >= 11 is 1.38. The maximum absolute atomic E-state index is 11.9. The fraction of sp³-hybridized carbons (Fsp3) is 0.176. The molecular formula is C17H15N4OS+. The Morgan fingerprint density at radius 1 is 1.43 bits per heavy atom. The van der Waals surface area contributed by atoms with Gasteiger partial charge in [-0.25, -0.2) is 4.98 Å². The lowest BCUT2D eigenvalue weighted by molar-refractivity contribution is -0.523. The molecule has 0 saturated carbocycles. The number of nitrogens with zero attached hydrogens (tertiary/aromatic N) is 3. The molecular weight excluding hydrogens is 308 g/mol. The average Bonchev–Trinajstić information content (AvgIpc) is 2.94. The number of rotatable bonds is 2. The summed E-state index contributed by atoms with van der Waals surface area (Å²) in [7, 11) is 0. The Hall–Kier alpha value is -2.78. The number of nitrogen functional groups attached to an aromatic ring is 1. The summed E-state index contributed by atoms with van der Waals surface area (Å²) in [4.78, 5) is 17.2.